The highest BCUT2D eigenvalue weighted by atomic mass is 35.5. The fourth-order valence-corrected chi connectivity index (χ4v) is 3.95. The molecule has 7 heteroatoms. The standard InChI is InChI=1S/C22H21ClN6/c1-15-14-19-26-20(16-2-4-18(23)5-3-16)21(17-6-8-24-9-7-17)29(19)27-22(15)28-12-10-25-11-13-28/h2-9,14,25H,10-13H2,1H3. The third kappa shape index (κ3) is 3.34. The highest BCUT2D eigenvalue weighted by molar-refractivity contribution is 6.30. The van der Waals surface area contributed by atoms with Crippen LogP contribution in [0.4, 0.5) is 5.82 Å². The fourth-order valence-electron chi connectivity index (χ4n) is 3.82. The van der Waals surface area contributed by atoms with Gasteiger partial charge in [0.15, 0.2) is 11.5 Å². The van der Waals surface area contributed by atoms with Crippen LogP contribution < -0.4 is 10.2 Å². The molecule has 4 aromatic rings. The van der Waals surface area contributed by atoms with E-state index >= 15 is 0 Å². The Morgan fingerprint density at radius 3 is 2.41 bits per heavy atom. The van der Waals surface area contributed by atoms with Gasteiger partial charge in [0.25, 0.3) is 0 Å². The molecular formula is C22H21ClN6. The van der Waals surface area contributed by atoms with Crippen LogP contribution in [0.1, 0.15) is 5.56 Å². The van der Waals surface area contributed by atoms with E-state index in [4.69, 9.17) is 21.7 Å². The van der Waals surface area contributed by atoms with Gasteiger partial charge in [-0.25, -0.2) is 9.50 Å². The van der Waals surface area contributed by atoms with Gasteiger partial charge in [-0.15, -0.1) is 5.10 Å². The molecule has 6 nitrogen and oxygen atoms in total. The zero-order chi connectivity index (χ0) is 19.8. The van der Waals surface area contributed by atoms with Crippen molar-refractivity contribution in [1.82, 2.24) is 24.9 Å². The number of benzene rings is 1. The summed E-state index contributed by atoms with van der Waals surface area (Å²) in [6, 6.07) is 13.9. The number of imidazole rings is 1. The number of hydrogen-bond acceptors (Lipinski definition) is 5. The molecule has 146 valence electrons. The van der Waals surface area contributed by atoms with Gasteiger partial charge in [0.2, 0.25) is 0 Å². The van der Waals surface area contributed by atoms with Crippen LogP contribution in [0.15, 0.2) is 54.9 Å². The zero-order valence-corrected chi connectivity index (χ0v) is 16.9. The molecule has 0 unspecified atom stereocenters. The maximum atomic E-state index is 6.11. The average molecular weight is 405 g/mol. The van der Waals surface area contributed by atoms with Crippen molar-refractivity contribution in [3.8, 4) is 22.5 Å². The highest BCUT2D eigenvalue weighted by Crippen LogP contribution is 2.34. The van der Waals surface area contributed by atoms with Crippen LogP contribution in [0.5, 0.6) is 0 Å². The van der Waals surface area contributed by atoms with E-state index in [0.717, 1.165) is 65.7 Å². The minimum atomic E-state index is 0.706. The summed E-state index contributed by atoms with van der Waals surface area (Å²) in [6.07, 6.45) is 3.59. The molecule has 1 aliphatic rings. The van der Waals surface area contributed by atoms with Gasteiger partial charge >= 0.3 is 0 Å². The molecule has 0 saturated carbocycles. The lowest BCUT2D eigenvalue weighted by molar-refractivity contribution is 0.580. The van der Waals surface area contributed by atoms with Gasteiger partial charge in [0.1, 0.15) is 5.69 Å². The first-order valence-electron chi connectivity index (χ1n) is 9.73. The molecule has 0 bridgehead atoms. The van der Waals surface area contributed by atoms with Gasteiger partial charge in [-0.3, -0.25) is 4.98 Å². The average Bonchev–Trinajstić information content (AvgIpc) is 3.13. The second kappa shape index (κ2) is 7.46. The number of aromatic nitrogens is 4. The van der Waals surface area contributed by atoms with Crippen LogP contribution in [-0.4, -0.2) is 45.8 Å². The molecule has 0 amide bonds. The van der Waals surface area contributed by atoms with E-state index in [1.807, 2.05) is 40.9 Å². The van der Waals surface area contributed by atoms with Crippen molar-refractivity contribution >= 4 is 23.1 Å². The topological polar surface area (TPSA) is 58.4 Å². The number of rotatable bonds is 3. The Balaban J connectivity index is 1.75. The number of aryl methyl sites for hydroxylation is 1. The number of hydrogen-bond donors (Lipinski definition) is 1. The molecule has 1 aromatic carbocycles. The molecule has 0 spiro atoms. The molecule has 0 atom stereocenters. The monoisotopic (exact) mass is 404 g/mol. The minimum Gasteiger partial charge on any atom is -0.352 e. The molecule has 1 fully saturated rings. The summed E-state index contributed by atoms with van der Waals surface area (Å²) in [5.74, 6) is 1.01. The van der Waals surface area contributed by atoms with Crippen molar-refractivity contribution in [1.29, 1.82) is 0 Å². The summed E-state index contributed by atoms with van der Waals surface area (Å²) in [5, 5.41) is 9.15. The van der Waals surface area contributed by atoms with E-state index in [-0.39, 0.29) is 0 Å². The largest absolute Gasteiger partial charge is 0.352 e. The summed E-state index contributed by atoms with van der Waals surface area (Å²) in [5.41, 5.74) is 5.85. The van der Waals surface area contributed by atoms with Crippen molar-refractivity contribution in [3.63, 3.8) is 0 Å². The highest BCUT2D eigenvalue weighted by Gasteiger charge is 2.21. The summed E-state index contributed by atoms with van der Waals surface area (Å²) in [7, 11) is 0. The molecule has 0 aliphatic carbocycles. The van der Waals surface area contributed by atoms with Gasteiger partial charge < -0.3 is 10.2 Å². The van der Waals surface area contributed by atoms with E-state index in [1.54, 1.807) is 12.4 Å². The van der Waals surface area contributed by atoms with Gasteiger partial charge in [-0.2, -0.15) is 0 Å². The van der Waals surface area contributed by atoms with Gasteiger partial charge in [0, 0.05) is 54.7 Å². The summed E-state index contributed by atoms with van der Waals surface area (Å²) < 4.78 is 1.96. The lowest BCUT2D eigenvalue weighted by Gasteiger charge is -2.29. The summed E-state index contributed by atoms with van der Waals surface area (Å²) in [6.45, 7) is 5.94. The van der Waals surface area contributed by atoms with E-state index in [0.29, 0.717) is 5.02 Å². The van der Waals surface area contributed by atoms with E-state index in [2.05, 4.69) is 28.2 Å². The van der Waals surface area contributed by atoms with Crippen molar-refractivity contribution in [2.75, 3.05) is 31.1 Å². The summed E-state index contributed by atoms with van der Waals surface area (Å²) >= 11 is 6.11. The van der Waals surface area contributed by atoms with Crippen molar-refractivity contribution < 1.29 is 0 Å². The third-order valence-electron chi connectivity index (χ3n) is 5.26. The van der Waals surface area contributed by atoms with Crippen LogP contribution in [0, 0.1) is 6.92 Å². The number of anilines is 1. The number of pyridine rings is 1. The lowest BCUT2D eigenvalue weighted by atomic mass is 10.1. The van der Waals surface area contributed by atoms with Crippen molar-refractivity contribution in [2.24, 2.45) is 0 Å². The normalized spacial score (nSPS) is 14.5. The van der Waals surface area contributed by atoms with Crippen LogP contribution in [0.25, 0.3) is 28.2 Å². The molecule has 0 radical (unpaired) electrons. The Hall–Kier alpha value is -2.96. The van der Waals surface area contributed by atoms with Crippen molar-refractivity contribution in [2.45, 2.75) is 6.92 Å². The Labute approximate surface area is 174 Å². The molecule has 1 N–H and O–H groups in total. The molecule has 4 heterocycles. The molecule has 1 aliphatic heterocycles. The van der Waals surface area contributed by atoms with Gasteiger partial charge in [-0.1, -0.05) is 23.7 Å². The number of piperazine rings is 1. The maximum Gasteiger partial charge on any atom is 0.155 e. The van der Waals surface area contributed by atoms with Crippen LogP contribution in [-0.2, 0) is 0 Å². The number of nitrogens with zero attached hydrogens (tertiary/aromatic N) is 5. The molecule has 3 aromatic heterocycles. The Kier molecular flexibility index (Phi) is 4.66. The first-order valence-corrected chi connectivity index (χ1v) is 10.1. The van der Waals surface area contributed by atoms with Crippen LogP contribution in [0.3, 0.4) is 0 Å². The minimum absolute atomic E-state index is 0.706. The fraction of sp³-hybridized carbons (Fsp3) is 0.227. The quantitative estimate of drug-likeness (QED) is 0.562. The van der Waals surface area contributed by atoms with Crippen molar-refractivity contribution in [3.05, 3.63) is 65.4 Å². The van der Waals surface area contributed by atoms with Crippen LogP contribution in [0.2, 0.25) is 5.02 Å². The second-order valence-electron chi connectivity index (χ2n) is 7.21. The Morgan fingerprint density at radius 1 is 0.966 bits per heavy atom. The predicted molar refractivity (Wildman–Crippen MR) is 116 cm³/mol. The lowest BCUT2D eigenvalue weighted by Crippen LogP contribution is -2.44. The SMILES string of the molecule is Cc1cc2nc(-c3ccc(Cl)cc3)c(-c3ccncc3)n2nc1N1CCNCC1. The first-order chi connectivity index (χ1) is 14.2. The first kappa shape index (κ1) is 18.1. The smallest absolute Gasteiger partial charge is 0.155 e. The second-order valence-corrected chi connectivity index (χ2v) is 7.65. The Bertz CT molecular complexity index is 1150. The molecule has 5 rings (SSSR count). The van der Waals surface area contributed by atoms with Gasteiger partial charge in [-0.05, 0) is 42.8 Å². The van der Waals surface area contributed by atoms with E-state index in [1.165, 1.54) is 0 Å². The van der Waals surface area contributed by atoms with Gasteiger partial charge in [0.05, 0.1) is 5.69 Å². The number of halogens is 1. The number of fused-ring (bicyclic) bond motifs is 1. The molecular weight excluding hydrogens is 384 g/mol. The Morgan fingerprint density at radius 2 is 1.69 bits per heavy atom. The molecule has 29 heavy (non-hydrogen) atoms. The third-order valence-corrected chi connectivity index (χ3v) is 5.51. The zero-order valence-electron chi connectivity index (χ0n) is 16.1. The van der Waals surface area contributed by atoms with Crippen LogP contribution >= 0.6 is 11.6 Å². The van der Waals surface area contributed by atoms with E-state index < -0.39 is 0 Å². The predicted octanol–water partition coefficient (Wildman–Crippen LogP) is 3.83. The molecule has 1 saturated heterocycles. The number of nitrogens with one attached hydrogen (secondary N) is 1. The van der Waals surface area contributed by atoms with E-state index in [9.17, 15) is 0 Å². The summed E-state index contributed by atoms with van der Waals surface area (Å²) in [4.78, 5) is 11.5. The maximum absolute atomic E-state index is 6.11.